The van der Waals surface area contributed by atoms with Crippen molar-refractivity contribution in [3.05, 3.63) is 149 Å². The lowest BCUT2D eigenvalue weighted by Crippen LogP contribution is -2.31. The van der Waals surface area contributed by atoms with E-state index in [0.717, 1.165) is 38.9 Å². The largest absolute Gasteiger partial charge is 0.497 e. The van der Waals surface area contributed by atoms with Crippen LogP contribution in [0.4, 0.5) is 4.79 Å². The zero-order valence-electron chi connectivity index (χ0n) is 26.3. The molecule has 0 bridgehead atoms. The Morgan fingerprint density at radius 3 is 1.89 bits per heavy atom. The second-order valence-corrected chi connectivity index (χ2v) is 11.2. The van der Waals surface area contributed by atoms with Crippen LogP contribution < -0.4 is 24.8 Å². The summed E-state index contributed by atoms with van der Waals surface area (Å²) in [5.74, 6) is 1.40. The van der Waals surface area contributed by atoms with Crippen molar-refractivity contribution in [1.29, 1.82) is 0 Å². The predicted octanol–water partition coefficient (Wildman–Crippen LogP) is 7.03. The van der Waals surface area contributed by atoms with Crippen molar-refractivity contribution < 1.29 is 28.5 Å². The Hall–Kier alpha value is -5.76. The van der Waals surface area contributed by atoms with E-state index < -0.39 is 12.1 Å². The van der Waals surface area contributed by atoms with E-state index in [9.17, 15) is 9.59 Å². The predicted molar refractivity (Wildman–Crippen MR) is 180 cm³/mol. The molecule has 1 aliphatic rings. The number of carbonyl (C=O) groups excluding carboxylic acids is 2. The molecule has 1 aliphatic carbocycles. The van der Waals surface area contributed by atoms with Gasteiger partial charge in [-0.25, -0.2) is 4.79 Å². The number of benzene rings is 5. The first-order valence-electron chi connectivity index (χ1n) is 15.4. The Labute approximate surface area is 274 Å². The van der Waals surface area contributed by atoms with Gasteiger partial charge in [0.25, 0.3) is 5.91 Å². The third-order valence-electron chi connectivity index (χ3n) is 8.23. The Balaban J connectivity index is 1.16. The SMILES string of the molecule is COc1cc(OC)cc(C(NC(=O)OCC2c3ccccc3-c3ccccc32)c2ccc(OCC(=O)NCc3ccccc3)cc2)c1. The smallest absolute Gasteiger partial charge is 0.407 e. The maximum absolute atomic E-state index is 13.4. The number of carbonyl (C=O) groups is 2. The van der Waals surface area contributed by atoms with Crippen molar-refractivity contribution in [2.75, 3.05) is 27.4 Å². The zero-order chi connectivity index (χ0) is 32.6. The number of alkyl carbamates (subject to hydrolysis) is 1. The van der Waals surface area contributed by atoms with E-state index in [1.54, 1.807) is 32.4 Å². The normalized spacial score (nSPS) is 12.3. The summed E-state index contributed by atoms with van der Waals surface area (Å²) in [4.78, 5) is 25.8. The van der Waals surface area contributed by atoms with E-state index in [1.165, 1.54) is 0 Å². The van der Waals surface area contributed by atoms with E-state index in [1.807, 2.05) is 78.9 Å². The molecule has 1 atom stereocenters. The van der Waals surface area contributed by atoms with Crippen molar-refractivity contribution in [2.24, 2.45) is 0 Å². The standard InChI is InChI=1S/C39H36N2O6/c1-44-30-20-28(21-31(22-30)45-2)38(27-16-18-29(19-17-27)46-25-37(42)40-23-26-10-4-3-5-11-26)41-39(43)47-24-36-34-14-8-6-12-32(34)33-13-7-9-15-35(33)36/h3-22,36,38H,23-25H2,1-2H3,(H,40,42)(H,41,43). The monoisotopic (exact) mass is 628 g/mol. The average Bonchev–Trinajstić information content (AvgIpc) is 3.45. The molecule has 2 N–H and O–H groups in total. The summed E-state index contributed by atoms with van der Waals surface area (Å²) in [6.45, 7) is 0.489. The van der Waals surface area contributed by atoms with Crippen LogP contribution >= 0.6 is 0 Å². The van der Waals surface area contributed by atoms with Crippen molar-refractivity contribution >= 4 is 12.0 Å². The molecule has 238 valence electrons. The van der Waals surface area contributed by atoms with E-state index >= 15 is 0 Å². The third-order valence-corrected chi connectivity index (χ3v) is 8.23. The van der Waals surface area contributed by atoms with Gasteiger partial charge in [0.2, 0.25) is 0 Å². The van der Waals surface area contributed by atoms with Gasteiger partial charge in [-0.15, -0.1) is 0 Å². The van der Waals surface area contributed by atoms with Crippen LogP contribution in [-0.4, -0.2) is 39.4 Å². The molecule has 5 aromatic rings. The molecule has 0 saturated carbocycles. The van der Waals surface area contributed by atoms with Gasteiger partial charge in [-0.3, -0.25) is 4.79 Å². The van der Waals surface area contributed by atoms with Crippen LogP contribution in [0.25, 0.3) is 11.1 Å². The molecule has 0 aliphatic heterocycles. The van der Waals surface area contributed by atoms with Crippen LogP contribution in [-0.2, 0) is 16.1 Å². The summed E-state index contributed by atoms with van der Waals surface area (Å²) < 4.78 is 22.6. The van der Waals surface area contributed by atoms with Crippen LogP contribution in [0.3, 0.4) is 0 Å². The number of fused-ring (bicyclic) bond motifs is 3. The van der Waals surface area contributed by atoms with Crippen LogP contribution in [0.1, 0.15) is 39.8 Å². The summed E-state index contributed by atoms with van der Waals surface area (Å²) in [6.07, 6.45) is -0.561. The molecule has 2 amide bonds. The van der Waals surface area contributed by atoms with Gasteiger partial charge in [-0.05, 0) is 63.2 Å². The van der Waals surface area contributed by atoms with Gasteiger partial charge >= 0.3 is 6.09 Å². The molecule has 8 nitrogen and oxygen atoms in total. The molecule has 0 radical (unpaired) electrons. The quantitative estimate of drug-likeness (QED) is 0.154. The highest BCUT2D eigenvalue weighted by molar-refractivity contribution is 5.79. The topological polar surface area (TPSA) is 95.1 Å². The van der Waals surface area contributed by atoms with Crippen LogP contribution in [0.15, 0.2) is 121 Å². The molecule has 0 fully saturated rings. The number of hydrogen-bond acceptors (Lipinski definition) is 6. The summed E-state index contributed by atoms with van der Waals surface area (Å²) in [7, 11) is 3.16. The number of nitrogens with one attached hydrogen (secondary N) is 2. The van der Waals surface area contributed by atoms with Crippen LogP contribution in [0.2, 0.25) is 0 Å². The van der Waals surface area contributed by atoms with Gasteiger partial charge < -0.3 is 29.6 Å². The number of rotatable bonds is 12. The molecular formula is C39H36N2O6. The van der Waals surface area contributed by atoms with Crippen molar-refractivity contribution in [3.63, 3.8) is 0 Å². The molecule has 0 aromatic heterocycles. The maximum atomic E-state index is 13.4. The highest BCUT2D eigenvalue weighted by Crippen LogP contribution is 2.44. The van der Waals surface area contributed by atoms with Gasteiger partial charge in [0.15, 0.2) is 6.61 Å². The lowest BCUT2D eigenvalue weighted by atomic mass is 9.98. The molecule has 6 rings (SSSR count). The number of hydrogen-bond donors (Lipinski definition) is 2. The first-order valence-corrected chi connectivity index (χ1v) is 15.4. The maximum Gasteiger partial charge on any atom is 0.407 e. The molecular weight excluding hydrogens is 592 g/mol. The minimum atomic E-state index is -0.599. The molecule has 5 aromatic carbocycles. The molecule has 0 saturated heterocycles. The zero-order valence-corrected chi connectivity index (χ0v) is 26.3. The minimum Gasteiger partial charge on any atom is -0.497 e. The first kappa shape index (κ1) is 31.2. The molecule has 0 heterocycles. The van der Waals surface area contributed by atoms with Gasteiger partial charge in [0, 0.05) is 18.5 Å². The Morgan fingerprint density at radius 1 is 0.681 bits per heavy atom. The average molecular weight is 629 g/mol. The minimum absolute atomic E-state index is 0.0650. The van der Waals surface area contributed by atoms with Gasteiger partial charge in [0.1, 0.15) is 23.9 Å². The second-order valence-electron chi connectivity index (χ2n) is 11.2. The summed E-state index contributed by atoms with van der Waals surface area (Å²) >= 11 is 0. The second kappa shape index (κ2) is 14.6. The van der Waals surface area contributed by atoms with Crippen LogP contribution in [0.5, 0.6) is 17.2 Å². The lowest BCUT2D eigenvalue weighted by Gasteiger charge is -2.22. The van der Waals surface area contributed by atoms with Crippen molar-refractivity contribution in [1.82, 2.24) is 10.6 Å². The fraction of sp³-hybridized carbons (Fsp3) is 0.179. The summed E-state index contributed by atoms with van der Waals surface area (Å²) in [5, 5.41) is 5.91. The van der Waals surface area contributed by atoms with Crippen molar-refractivity contribution in [2.45, 2.75) is 18.5 Å². The Kier molecular flexibility index (Phi) is 9.67. The lowest BCUT2D eigenvalue weighted by molar-refractivity contribution is -0.123. The van der Waals surface area contributed by atoms with E-state index in [-0.39, 0.29) is 25.0 Å². The summed E-state index contributed by atoms with van der Waals surface area (Å²) in [6, 6.07) is 38.2. The molecule has 0 spiro atoms. The van der Waals surface area contributed by atoms with E-state index in [4.69, 9.17) is 18.9 Å². The highest BCUT2D eigenvalue weighted by Gasteiger charge is 2.29. The van der Waals surface area contributed by atoms with Gasteiger partial charge in [0.05, 0.1) is 20.3 Å². The van der Waals surface area contributed by atoms with Gasteiger partial charge in [-0.2, -0.15) is 0 Å². The third kappa shape index (κ3) is 7.39. The van der Waals surface area contributed by atoms with Crippen molar-refractivity contribution in [3.8, 4) is 28.4 Å². The van der Waals surface area contributed by atoms with Gasteiger partial charge in [-0.1, -0.05) is 91.0 Å². The number of ether oxygens (including phenoxy) is 4. The Morgan fingerprint density at radius 2 is 1.28 bits per heavy atom. The van der Waals surface area contributed by atoms with Crippen LogP contribution in [0, 0.1) is 0 Å². The van der Waals surface area contributed by atoms with E-state index in [2.05, 4.69) is 34.9 Å². The highest BCUT2D eigenvalue weighted by atomic mass is 16.5. The molecule has 47 heavy (non-hydrogen) atoms. The summed E-state index contributed by atoms with van der Waals surface area (Å²) in [5.41, 5.74) is 7.12. The molecule has 1 unspecified atom stereocenters. The fourth-order valence-electron chi connectivity index (χ4n) is 5.87. The number of amides is 2. The number of methoxy groups -OCH3 is 2. The first-order chi connectivity index (χ1) is 23.0. The fourth-order valence-corrected chi connectivity index (χ4v) is 5.87. The Bertz CT molecular complexity index is 1770. The molecule has 8 heteroatoms. The van der Waals surface area contributed by atoms with E-state index in [0.29, 0.717) is 23.8 Å².